The van der Waals surface area contributed by atoms with Gasteiger partial charge in [0, 0.05) is 11.6 Å². The van der Waals surface area contributed by atoms with E-state index in [4.69, 9.17) is 9.47 Å². The first-order valence-corrected chi connectivity index (χ1v) is 5.98. The lowest BCUT2D eigenvalue weighted by Gasteiger charge is -2.39. The van der Waals surface area contributed by atoms with Crippen molar-refractivity contribution < 1.29 is 14.6 Å². The van der Waals surface area contributed by atoms with E-state index in [1.807, 2.05) is 30.3 Å². The molecule has 2 aromatic rings. The summed E-state index contributed by atoms with van der Waals surface area (Å²) in [6, 6.07) is 9.71. The highest BCUT2D eigenvalue weighted by molar-refractivity contribution is 5.79. The van der Waals surface area contributed by atoms with Gasteiger partial charge < -0.3 is 14.6 Å². The zero-order valence-electron chi connectivity index (χ0n) is 10.0. The number of fused-ring (bicyclic) bond motifs is 1. The average Bonchev–Trinajstić information content (AvgIpc) is 2.38. The van der Waals surface area contributed by atoms with Crippen LogP contribution in [-0.4, -0.2) is 36.5 Å². The lowest BCUT2D eigenvalue weighted by molar-refractivity contribution is -0.153. The molecule has 1 aromatic carbocycles. The van der Waals surface area contributed by atoms with Gasteiger partial charge in [-0.1, -0.05) is 6.07 Å². The SMILES string of the molecule is OCC1(COc2ccc3ncccc3c2)COC1. The maximum atomic E-state index is 9.32. The number of aliphatic hydroxyl groups excluding tert-OH is 1. The van der Waals surface area contributed by atoms with Crippen LogP contribution in [0.15, 0.2) is 36.5 Å². The molecule has 0 amide bonds. The van der Waals surface area contributed by atoms with E-state index in [9.17, 15) is 5.11 Å². The zero-order chi connectivity index (χ0) is 12.4. The summed E-state index contributed by atoms with van der Waals surface area (Å²) in [7, 11) is 0. The van der Waals surface area contributed by atoms with Crippen LogP contribution in [0.4, 0.5) is 0 Å². The van der Waals surface area contributed by atoms with Gasteiger partial charge in [-0.25, -0.2) is 0 Å². The Hall–Kier alpha value is -1.65. The fourth-order valence-corrected chi connectivity index (χ4v) is 1.99. The van der Waals surface area contributed by atoms with Crippen molar-refractivity contribution in [2.45, 2.75) is 0 Å². The first kappa shape index (κ1) is 11.4. The van der Waals surface area contributed by atoms with E-state index in [2.05, 4.69) is 4.98 Å². The van der Waals surface area contributed by atoms with E-state index in [1.54, 1.807) is 6.20 Å². The van der Waals surface area contributed by atoms with Gasteiger partial charge in [0.2, 0.25) is 0 Å². The Kier molecular flexibility index (Phi) is 2.89. The standard InChI is InChI=1S/C14H15NO3/c16-7-14(8-17-9-14)10-18-12-3-4-13-11(6-12)2-1-5-15-13/h1-6,16H,7-10H2. The third-order valence-corrected chi connectivity index (χ3v) is 3.27. The molecule has 2 heterocycles. The van der Waals surface area contributed by atoms with E-state index in [1.165, 1.54) is 0 Å². The molecule has 0 radical (unpaired) electrons. The summed E-state index contributed by atoms with van der Waals surface area (Å²) in [6.45, 7) is 1.72. The number of aromatic nitrogens is 1. The fraction of sp³-hybridized carbons (Fsp3) is 0.357. The van der Waals surface area contributed by atoms with Crippen LogP contribution in [0, 0.1) is 5.41 Å². The highest BCUT2D eigenvalue weighted by Crippen LogP contribution is 2.28. The molecule has 1 fully saturated rings. The monoisotopic (exact) mass is 245 g/mol. The van der Waals surface area contributed by atoms with Gasteiger partial charge in [-0.3, -0.25) is 4.98 Å². The highest BCUT2D eigenvalue weighted by atomic mass is 16.5. The van der Waals surface area contributed by atoms with Gasteiger partial charge >= 0.3 is 0 Å². The number of hydrogen-bond acceptors (Lipinski definition) is 4. The molecule has 0 atom stereocenters. The zero-order valence-corrected chi connectivity index (χ0v) is 10.0. The second kappa shape index (κ2) is 4.55. The number of rotatable bonds is 4. The van der Waals surface area contributed by atoms with Gasteiger partial charge in [-0.05, 0) is 24.3 Å². The summed E-state index contributed by atoms with van der Waals surface area (Å²) in [5.74, 6) is 0.801. The van der Waals surface area contributed by atoms with Crippen LogP contribution in [0.2, 0.25) is 0 Å². The summed E-state index contributed by atoms with van der Waals surface area (Å²) in [5, 5.41) is 10.4. The van der Waals surface area contributed by atoms with E-state index in [-0.39, 0.29) is 12.0 Å². The molecule has 3 rings (SSSR count). The first-order chi connectivity index (χ1) is 8.81. The molecule has 94 valence electrons. The summed E-state index contributed by atoms with van der Waals surface area (Å²) >= 11 is 0. The number of benzene rings is 1. The van der Waals surface area contributed by atoms with E-state index < -0.39 is 0 Å². The first-order valence-electron chi connectivity index (χ1n) is 5.98. The number of hydrogen-bond donors (Lipinski definition) is 1. The maximum Gasteiger partial charge on any atom is 0.120 e. The van der Waals surface area contributed by atoms with Gasteiger partial charge in [0.1, 0.15) is 12.4 Å². The smallest absolute Gasteiger partial charge is 0.120 e. The molecule has 0 unspecified atom stereocenters. The Morgan fingerprint density at radius 1 is 1.33 bits per heavy atom. The van der Waals surface area contributed by atoms with Crippen LogP contribution < -0.4 is 4.74 Å². The van der Waals surface area contributed by atoms with Crippen molar-refractivity contribution in [1.82, 2.24) is 4.98 Å². The average molecular weight is 245 g/mol. The molecule has 0 aliphatic carbocycles. The van der Waals surface area contributed by atoms with Gasteiger partial charge in [-0.2, -0.15) is 0 Å². The molecule has 1 aliphatic rings. The van der Waals surface area contributed by atoms with Crippen LogP contribution >= 0.6 is 0 Å². The number of nitrogens with zero attached hydrogens (tertiary/aromatic N) is 1. The minimum Gasteiger partial charge on any atom is -0.493 e. The molecule has 1 aromatic heterocycles. The molecule has 1 saturated heterocycles. The Balaban J connectivity index is 1.74. The lowest BCUT2D eigenvalue weighted by Crippen LogP contribution is -2.49. The summed E-state index contributed by atoms with van der Waals surface area (Å²) in [4.78, 5) is 4.26. The number of ether oxygens (including phenoxy) is 2. The molecule has 0 bridgehead atoms. The Morgan fingerprint density at radius 3 is 2.94 bits per heavy atom. The normalized spacial score (nSPS) is 17.4. The van der Waals surface area contributed by atoms with Gasteiger partial charge in [0.05, 0.1) is 30.8 Å². The largest absolute Gasteiger partial charge is 0.493 e. The van der Waals surface area contributed by atoms with Crippen molar-refractivity contribution in [3.05, 3.63) is 36.5 Å². The van der Waals surface area contributed by atoms with Crippen molar-refractivity contribution in [3.63, 3.8) is 0 Å². The van der Waals surface area contributed by atoms with Crippen LogP contribution in [0.25, 0.3) is 10.9 Å². The molecule has 0 spiro atoms. The summed E-state index contributed by atoms with van der Waals surface area (Å²) < 4.78 is 10.9. The second-order valence-corrected chi connectivity index (χ2v) is 4.80. The molecule has 4 nitrogen and oxygen atoms in total. The van der Waals surface area contributed by atoms with Gasteiger partial charge in [-0.15, -0.1) is 0 Å². The molecule has 4 heteroatoms. The van der Waals surface area contributed by atoms with Crippen LogP contribution in [-0.2, 0) is 4.74 Å². The van der Waals surface area contributed by atoms with Gasteiger partial charge in [0.25, 0.3) is 0 Å². The molecule has 1 aliphatic heterocycles. The van der Waals surface area contributed by atoms with E-state index in [0.29, 0.717) is 19.8 Å². The van der Waals surface area contributed by atoms with Gasteiger partial charge in [0.15, 0.2) is 0 Å². The highest BCUT2D eigenvalue weighted by Gasteiger charge is 2.39. The van der Waals surface area contributed by atoms with Crippen LogP contribution in [0.1, 0.15) is 0 Å². The lowest BCUT2D eigenvalue weighted by atomic mass is 9.88. The minimum absolute atomic E-state index is 0.0993. The van der Waals surface area contributed by atoms with Crippen LogP contribution in [0.5, 0.6) is 5.75 Å². The van der Waals surface area contributed by atoms with Crippen molar-refractivity contribution in [3.8, 4) is 5.75 Å². The summed E-state index contributed by atoms with van der Waals surface area (Å²) in [6.07, 6.45) is 1.77. The second-order valence-electron chi connectivity index (χ2n) is 4.80. The van der Waals surface area contributed by atoms with Crippen molar-refractivity contribution in [1.29, 1.82) is 0 Å². The molecule has 18 heavy (non-hydrogen) atoms. The predicted molar refractivity (Wildman–Crippen MR) is 67.6 cm³/mol. The Morgan fingerprint density at radius 2 is 2.22 bits per heavy atom. The quantitative estimate of drug-likeness (QED) is 0.889. The maximum absolute atomic E-state index is 9.32. The molecule has 0 saturated carbocycles. The minimum atomic E-state index is -0.218. The van der Waals surface area contributed by atoms with E-state index >= 15 is 0 Å². The molecule has 1 N–H and O–H groups in total. The Labute approximate surface area is 105 Å². The Bertz CT molecular complexity index is 546. The number of pyridine rings is 1. The van der Waals surface area contributed by atoms with Crippen molar-refractivity contribution >= 4 is 10.9 Å². The number of aliphatic hydroxyl groups is 1. The fourth-order valence-electron chi connectivity index (χ4n) is 1.99. The summed E-state index contributed by atoms with van der Waals surface area (Å²) in [5.41, 5.74) is 0.734. The third-order valence-electron chi connectivity index (χ3n) is 3.27. The topological polar surface area (TPSA) is 51.6 Å². The van der Waals surface area contributed by atoms with E-state index in [0.717, 1.165) is 16.7 Å². The van der Waals surface area contributed by atoms with Crippen molar-refractivity contribution in [2.24, 2.45) is 5.41 Å². The predicted octanol–water partition coefficient (Wildman–Crippen LogP) is 1.62. The van der Waals surface area contributed by atoms with Crippen LogP contribution in [0.3, 0.4) is 0 Å². The molecular formula is C14H15NO3. The molecular weight excluding hydrogens is 230 g/mol. The third kappa shape index (κ3) is 2.05. The van der Waals surface area contributed by atoms with Crippen molar-refractivity contribution in [2.75, 3.05) is 26.4 Å².